The topological polar surface area (TPSA) is 59.6 Å². The van der Waals surface area contributed by atoms with E-state index in [-0.39, 0.29) is 11.7 Å². The third-order valence-corrected chi connectivity index (χ3v) is 2.53. The quantitative estimate of drug-likeness (QED) is 0.735. The van der Waals surface area contributed by atoms with Crippen LogP contribution in [0.25, 0.3) is 0 Å². The molecule has 0 saturated carbocycles. The maximum Gasteiger partial charge on any atom is 0.242 e. The first kappa shape index (κ1) is 15.2. The van der Waals surface area contributed by atoms with E-state index in [1.54, 1.807) is 20.1 Å². The van der Waals surface area contributed by atoms with E-state index in [2.05, 4.69) is 10.6 Å². The molecular formula is C13H19FN2O3. The van der Waals surface area contributed by atoms with E-state index >= 15 is 0 Å². The Bertz CT molecular complexity index is 426. The molecule has 106 valence electrons. The molecule has 0 saturated heterocycles. The lowest BCUT2D eigenvalue weighted by atomic mass is 10.2. The third kappa shape index (κ3) is 4.75. The first-order valence-electron chi connectivity index (χ1n) is 5.95. The van der Waals surface area contributed by atoms with E-state index in [9.17, 15) is 9.18 Å². The Morgan fingerprint density at radius 1 is 1.42 bits per heavy atom. The second-order valence-corrected chi connectivity index (χ2v) is 4.00. The molecule has 1 unspecified atom stereocenters. The van der Waals surface area contributed by atoms with E-state index in [0.29, 0.717) is 18.8 Å². The molecule has 0 radical (unpaired) electrons. The van der Waals surface area contributed by atoms with Crippen molar-refractivity contribution in [3.63, 3.8) is 0 Å². The molecule has 1 amide bonds. The second-order valence-electron chi connectivity index (χ2n) is 4.00. The summed E-state index contributed by atoms with van der Waals surface area (Å²) in [7, 11) is 2.96. The van der Waals surface area contributed by atoms with Crippen molar-refractivity contribution in [2.45, 2.75) is 13.0 Å². The van der Waals surface area contributed by atoms with Crippen molar-refractivity contribution in [3.05, 3.63) is 24.0 Å². The highest BCUT2D eigenvalue weighted by molar-refractivity contribution is 5.84. The molecule has 1 rings (SSSR count). The number of anilines is 1. The molecule has 0 aliphatic heterocycles. The minimum Gasteiger partial charge on any atom is -0.494 e. The minimum atomic E-state index is -0.440. The zero-order valence-corrected chi connectivity index (χ0v) is 11.3. The van der Waals surface area contributed by atoms with Crippen LogP contribution in [0.2, 0.25) is 0 Å². The van der Waals surface area contributed by atoms with Crippen molar-refractivity contribution in [2.75, 3.05) is 32.7 Å². The largest absolute Gasteiger partial charge is 0.494 e. The molecule has 0 fully saturated rings. The highest BCUT2D eigenvalue weighted by Gasteiger charge is 2.13. The van der Waals surface area contributed by atoms with Crippen molar-refractivity contribution in [1.29, 1.82) is 0 Å². The van der Waals surface area contributed by atoms with Gasteiger partial charge in [-0.2, -0.15) is 0 Å². The number of hydrogen-bond acceptors (Lipinski definition) is 4. The smallest absolute Gasteiger partial charge is 0.242 e. The van der Waals surface area contributed by atoms with E-state index < -0.39 is 11.9 Å². The summed E-state index contributed by atoms with van der Waals surface area (Å²) in [6.45, 7) is 2.63. The molecule has 0 aliphatic carbocycles. The van der Waals surface area contributed by atoms with Crippen molar-refractivity contribution in [3.8, 4) is 5.75 Å². The summed E-state index contributed by atoms with van der Waals surface area (Å²) in [5, 5.41) is 5.68. The van der Waals surface area contributed by atoms with Gasteiger partial charge in [0, 0.05) is 25.4 Å². The van der Waals surface area contributed by atoms with Crippen molar-refractivity contribution < 1.29 is 18.7 Å². The van der Waals surface area contributed by atoms with Crippen molar-refractivity contribution >= 4 is 11.6 Å². The molecule has 2 N–H and O–H groups in total. The normalized spacial score (nSPS) is 11.8. The summed E-state index contributed by atoms with van der Waals surface area (Å²) in [5.41, 5.74) is 0.618. The monoisotopic (exact) mass is 270 g/mol. The lowest BCUT2D eigenvalue weighted by molar-refractivity contribution is -0.121. The molecule has 5 nitrogen and oxygen atoms in total. The van der Waals surface area contributed by atoms with Gasteiger partial charge in [-0.15, -0.1) is 0 Å². The van der Waals surface area contributed by atoms with Gasteiger partial charge in [-0.05, 0) is 19.1 Å². The Morgan fingerprint density at radius 2 is 2.16 bits per heavy atom. The van der Waals surface area contributed by atoms with Crippen LogP contribution in [0.3, 0.4) is 0 Å². The molecule has 1 aromatic rings. The van der Waals surface area contributed by atoms with Crippen LogP contribution in [0.1, 0.15) is 6.92 Å². The zero-order chi connectivity index (χ0) is 14.3. The number of ether oxygens (including phenoxy) is 2. The summed E-state index contributed by atoms with van der Waals surface area (Å²) in [6.07, 6.45) is 0. The van der Waals surface area contributed by atoms with Crippen LogP contribution < -0.4 is 15.4 Å². The molecule has 0 bridgehead atoms. The predicted octanol–water partition coefficient (Wildman–Crippen LogP) is 1.40. The number of carbonyl (C=O) groups excluding carboxylic acids is 1. The van der Waals surface area contributed by atoms with Crippen LogP contribution in [0.4, 0.5) is 10.1 Å². The highest BCUT2D eigenvalue weighted by atomic mass is 19.1. The van der Waals surface area contributed by atoms with Crippen LogP contribution in [0.5, 0.6) is 5.75 Å². The van der Waals surface area contributed by atoms with E-state index in [4.69, 9.17) is 9.47 Å². The van der Waals surface area contributed by atoms with E-state index in [0.717, 1.165) is 0 Å². The average molecular weight is 270 g/mol. The molecule has 6 heteroatoms. The van der Waals surface area contributed by atoms with Gasteiger partial charge in [0.05, 0.1) is 13.7 Å². The fourth-order valence-corrected chi connectivity index (χ4v) is 1.49. The minimum absolute atomic E-state index is 0.136. The van der Waals surface area contributed by atoms with Gasteiger partial charge in [-0.1, -0.05) is 0 Å². The molecule has 0 spiro atoms. The summed E-state index contributed by atoms with van der Waals surface area (Å²) >= 11 is 0. The number of nitrogens with one attached hydrogen (secondary N) is 2. The zero-order valence-electron chi connectivity index (χ0n) is 11.3. The molecule has 0 heterocycles. The van der Waals surface area contributed by atoms with Gasteiger partial charge in [-0.25, -0.2) is 4.39 Å². The lowest BCUT2D eigenvalue weighted by Gasteiger charge is -2.15. The fraction of sp³-hybridized carbons (Fsp3) is 0.462. The maximum atomic E-state index is 13.2. The van der Waals surface area contributed by atoms with Crippen LogP contribution in [0, 0.1) is 5.82 Å². The number of methoxy groups -OCH3 is 2. The SMILES string of the molecule is COCCNC(=O)C(C)Nc1ccc(F)c(OC)c1. The first-order chi connectivity index (χ1) is 9.08. The number of amides is 1. The van der Waals surface area contributed by atoms with Gasteiger partial charge >= 0.3 is 0 Å². The molecule has 0 aromatic heterocycles. The van der Waals surface area contributed by atoms with Gasteiger partial charge < -0.3 is 20.1 Å². The van der Waals surface area contributed by atoms with Crippen LogP contribution in [-0.2, 0) is 9.53 Å². The Hall–Kier alpha value is -1.82. The Balaban J connectivity index is 2.56. The predicted molar refractivity (Wildman–Crippen MR) is 70.9 cm³/mol. The van der Waals surface area contributed by atoms with Crippen molar-refractivity contribution in [1.82, 2.24) is 5.32 Å². The van der Waals surface area contributed by atoms with Gasteiger partial charge in [0.25, 0.3) is 0 Å². The lowest BCUT2D eigenvalue weighted by Crippen LogP contribution is -2.39. The van der Waals surface area contributed by atoms with Crippen LogP contribution >= 0.6 is 0 Å². The maximum absolute atomic E-state index is 13.2. The Kier molecular flexibility index (Phi) is 6.08. The standard InChI is InChI=1S/C13H19FN2O3/c1-9(13(17)15-6-7-18-2)16-10-4-5-11(14)12(8-10)19-3/h4-5,8-9,16H,6-7H2,1-3H3,(H,15,17). The summed E-state index contributed by atoms with van der Waals surface area (Å²) in [5.74, 6) is -0.456. The first-order valence-corrected chi connectivity index (χ1v) is 5.95. The summed E-state index contributed by atoms with van der Waals surface area (Å²) in [4.78, 5) is 11.7. The molecular weight excluding hydrogens is 251 g/mol. The summed E-state index contributed by atoms with van der Waals surface area (Å²) < 4.78 is 22.9. The fourth-order valence-electron chi connectivity index (χ4n) is 1.49. The van der Waals surface area contributed by atoms with Crippen LogP contribution in [0.15, 0.2) is 18.2 Å². The molecule has 1 aromatic carbocycles. The van der Waals surface area contributed by atoms with Gasteiger partial charge in [0.1, 0.15) is 6.04 Å². The Labute approximate surface area is 112 Å². The molecule has 1 atom stereocenters. The van der Waals surface area contributed by atoms with E-state index in [1.807, 2.05) is 0 Å². The van der Waals surface area contributed by atoms with Gasteiger partial charge in [0.15, 0.2) is 11.6 Å². The highest BCUT2D eigenvalue weighted by Crippen LogP contribution is 2.21. The molecule has 0 aliphatic rings. The third-order valence-electron chi connectivity index (χ3n) is 2.53. The van der Waals surface area contributed by atoms with Crippen LogP contribution in [-0.4, -0.2) is 39.3 Å². The number of benzene rings is 1. The van der Waals surface area contributed by atoms with Gasteiger partial charge in [-0.3, -0.25) is 4.79 Å². The second kappa shape index (κ2) is 7.58. The summed E-state index contributed by atoms with van der Waals surface area (Å²) in [6, 6.07) is 3.91. The van der Waals surface area contributed by atoms with Gasteiger partial charge in [0.2, 0.25) is 5.91 Å². The number of halogens is 1. The number of hydrogen-bond donors (Lipinski definition) is 2. The number of carbonyl (C=O) groups is 1. The Morgan fingerprint density at radius 3 is 2.79 bits per heavy atom. The van der Waals surface area contributed by atoms with E-state index in [1.165, 1.54) is 19.2 Å². The average Bonchev–Trinajstić information content (AvgIpc) is 2.41. The molecule has 19 heavy (non-hydrogen) atoms. The number of rotatable bonds is 7. The van der Waals surface area contributed by atoms with Crippen molar-refractivity contribution in [2.24, 2.45) is 0 Å².